The number of benzene rings is 2. The first-order chi connectivity index (χ1) is 14.7. The second-order valence-corrected chi connectivity index (χ2v) is 8.44. The molecule has 0 radical (unpaired) electrons. The van der Waals surface area contributed by atoms with Crippen LogP contribution in [0.1, 0.15) is 42.9 Å². The quantitative estimate of drug-likeness (QED) is 0.624. The Morgan fingerprint density at radius 2 is 1.81 bits per heavy atom. The number of methoxy groups -OCH3 is 1. The molecule has 31 heavy (non-hydrogen) atoms. The molecule has 0 fully saturated rings. The maximum Gasteiger partial charge on any atom is 0.280 e. The average Bonchev–Trinajstić information content (AvgIpc) is 3.26. The van der Waals surface area contributed by atoms with E-state index in [9.17, 15) is 14.0 Å². The largest absolute Gasteiger partial charge is 0.495 e. The van der Waals surface area contributed by atoms with Gasteiger partial charge in [0.15, 0.2) is 5.69 Å². The molecule has 0 bridgehead atoms. The third-order valence-electron chi connectivity index (χ3n) is 4.33. The Morgan fingerprint density at radius 3 is 2.39 bits per heavy atom. The molecular weight excluding hydrogens is 419 g/mol. The number of hydrogen-bond acceptors (Lipinski definition) is 6. The van der Waals surface area contributed by atoms with Crippen molar-refractivity contribution in [3.05, 3.63) is 71.0 Å². The van der Waals surface area contributed by atoms with Gasteiger partial charge in [-0.2, -0.15) is 0 Å². The lowest BCUT2D eigenvalue weighted by Gasteiger charge is -2.34. The van der Waals surface area contributed by atoms with E-state index < -0.39 is 29.2 Å². The van der Waals surface area contributed by atoms with Gasteiger partial charge >= 0.3 is 0 Å². The first-order valence-corrected chi connectivity index (χ1v) is 10.4. The minimum absolute atomic E-state index is 0.0894. The van der Waals surface area contributed by atoms with E-state index in [0.717, 1.165) is 11.5 Å². The van der Waals surface area contributed by atoms with Crippen molar-refractivity contribution in [2.75, 3.05) is 12.0 Å². The fourth-order valence-corrected chi connectivity index (χ4v) is 3.51. The number of ether oxygens (including phenoxy) is 1. The number of carbonyl (C=O) groups excluding carboxylic acids is 2. The average molecular weight is 443 g/mol. The molecule has 0 unspecified atom stereocenters. The second kappa shape index (κ2) is 9.22. The summed E-state index contributed by atoms with van der Waals surface area (Å²) in [4.78, 5) is 28.3. The number of rotatable bonds is 6. The molecule has 1 heterocycles. The van der Waals surface area contributed by atoms with Gasteiger partial charge in [0, 0.05) is 10.9 Å². The smallest absolute Gasteiger partial charge is 0.280 e. The summed E-state index contributed by atoms with van der Waals surface area (Å²) in [5, 5.41) is 8.31. The van der Waals surface area contributed by atoms with Crippen molar-refractivity contribution in [2.45, 2.75) is 32.4 Å². The summed E-state index contributed by atoms with van der Waals surface area (Å²) < 4.78 is 22.9. The van der Waals surface area contributed by atoms with E-state index in [4.69, 9.17) is 4.74 Å². The lowest BCUT2D eigenvalue weighted by molar-refractivity contribution is -0.123. The normalized spacial score (nSPS) is 12.2. The van der Waals surface area contributed by atoms with Crippen LogP contribution in [0.3, 0.4) is 0 Å². The van der Waals surface area contributed by atoms with E-state index in [-0.39, 0.29) is 5.69 Å². The number of halogens is 1. The van der Waals surface area contributed by atoms with Crippen LogP contribution >= 0.6 is 11.5 Å². The predicted molar refractivity (Wildman–Crippen MR) is 117 cm³/mol. The zero-order chi connectivity index (χ0) is 22.6. The molecule has 2 aromatic carbocycles. The first-order valence-electron chi connectivity index (χ1n) is 9.52. The third kappa shape index (κ3) is 5.24. The van der Waals surface area contributed by atoms with Crippen molar-refractivity contribution in [3.8, 4) is 5.75 Å². The van der Waals surface area contributed by atoms with Crippen LogP contribution < -0.4 is 15.0 Å². The molecule has 3 rings (SSSR count). The minimum atomic E-state index is -1.11. The number of para-hydroxylation sites is 2. The lowest BCUT2D eigenvalue weighted by Crippen LogP contribution is -2.49. The molecule has 2 amide bonds. The van der Waals surface area contributed by atoms with E-state index in [1.165, 1.54) is 41.7 Å². The van der Waals surface area contributed by atoms with Crippen LogP contribution in [0.15, 0.2) is 53.9 Å². The van der Waals surface area contributed by atoms with E-state index in [0.29, 0.717) is 17.0 Å². The highest BCUT2D eigenvalue weighted by molar-refractivity contribution is 7.03. The number of hydrogen-bond donors (Lipinski definition) is 1. The number of aromatic nitrogens is 2. The van der Waals surface area contributed by atoms with Gasteiger partial charge in [-0.1, -0.05) is 28.8 Å². The van der Waals surface area contributed by atoms with Crippen LogP contribution in [0.5, 0.6) is 5.75 Å². The molecule has 1 N–H and O–H groups in total. The lowest BCUT2D eigenvalue weighted by atomic mass is 10.00. The number of amides is 2. The zero-order valence-electron chi connectivity index (χ0n) is 17.6. The summed E-state index contributed by atoms with van der Waals surface area (Å²) in [6.07, 6.45) is 0. The molecule has 0 saturated carbocycles. The molecule has 0 spiro atoms. The highest BCUT2D eigenvalue weighted by Crippen LogP contribution is 2.36. The molecule has 0 saturated heterocycles. The Hall–Kier alpha value is -3.33. The van der Waals surface area contributed by atoms with Crippen molar-refractivity contribution in [1.29, 1.82) is 0 Å². The van der Waals surface area contributed by atoms with E-state index in [1.54, 1.807) is 24.3 Å². The van der Waals surface area contributed by atoms with Crippen molar-refractivity contribution in [1.82, 2.24) is 14.9 Å². The van der Waals surface area contributed by atoms with Crippen molar-refractivity contribution in [3.63, 3.8) is 0 Å². The fraction of sp³-hybridized carbons (Fsp3) is 0.273. The number of nitrogens with zero attached hydrogens (tertiary/aromatic N) is 3. The summed E-state index contributed by atoms with van der Waals surface area (Å²) >= 11 is 1.03. The summed E-state index contributed by atoms with van der Waals surface area (Å²) in [6, 6.07) is 11.2. The molecule has 1 aromatic heterocycles. The second-order valence-electron chi connectivity index (χ2n) is 7.83. The van der Waals surface area contributed by atoms with Gasteiger partial charge in [-0.25, -0.2) is 4.39 Å². The molecule has 7 nitrogen and oxygen atoms in total. The molecule has 162 valence electrons. The van der Waals surface area contributed by atoms with Crippen LogP contribution in [0.25, 0.3) is 0 Å². The van der Waals surface area contributed by atoms with E-state index in [1.807, 2.05) is 20.8 Å². The van der Waals surface area contributed by atoms with Gasteiger partial charge in [0.25, 0.3) is 5.91 Å². The summed E-state index contributed by atoms with van der Waals surface area (Å²) in [6.45, 7) is 5.52. The Morgan fingerprint density at radius 1 is 1.13 bits per heavy atom. The van der Waals surface area contributed by atoms with Crippen molar-refractivity contribution in [2.24, 2.45) is 0 Å². The first kappa shape index (κ1) is 22.4. The zero-order valence-corrected chi connectivity index (χ0v) is 18.4. The van der Waals surface area contributed by atoms with Gasteiger partial charge in [-0.3, -0.25) is 14.5 Å². The van der Waals surface area contributed by atoms with Gasteiger partial charge in [0.05, 0.1) is 12.8 Å². The van der Waals surface area contributed by atoms with Crippen LogP contribution in [-0.4, -0.2) is 34.1 Å². The molecule has 0 aliphatic rings. The van der Waals surface area contributed by atoms with Gasteiger partial charge < -0.3 is 10.1 Å². The summed E-state index contributed by atoms with van der Waals surface area (Å²) in [5.41, 5.74) is 0.339. The molecular formula is C22H23FN4O3S. The summed E-state index contributed by atoms with van der Waals surface area (Å²) in [7, 11) is 1.48. The Kier molecular flexibility index (Phi) is 6.65. The molecule has 9 heteroatoms. The summed E-state index contributed by atoms with van der Waals surface area (Å²) in [5.74, 6) is -1.01. The molecule has 0 aliphatic carbocycles. The Balaban J connectivity index is 2.22. The van der Waals surface area contributed by atoms with Crippen LogP contribution in [-0.2, 0) is 4.79 Å². The molecule has 0 aliphatic heterocycles. The van der Waals surface area contributed by atoms with Crippen molar-refractivity contribution < 1.29 is 18.7 Å². The van der Waals surface area contributed by atoms with E-state index in [2.05, 4.69) is 14.9 Å². The molecule has 3 aromatic rings. The highest BCUT2D eigenvalue weighted by Gasteiger charge is 2.37. The third-order valence-corrected chi connectivity index (χ3v) is 4.84. The number of anilines is 1. The topological polar surface area (TPSA) is 84.4 Å². The minimum Gasteiger partial charge on any atom is -0.495 e. The van der Waals surface area contributed by atoms with Crippen LogP contribution in [0.4, 0.5) is 10.1 Å². The van der Waals surface area contributed by atoms with Gasteiger partial charge in [0.1, 0.15) is 17.6 Å². The monoisotopic (exact) mass is 442 g/mol. The predicted octanol–water partition coefficient (Wildman–Crippen LogP) is 3.99. The van der Waals surface area contributed by atoms with Gasteiger partial charge in [-0.15, -0.1) is 5.10 Å². The Bertz CT molecular complexity index is 1050. The van der Waals surface area contributed by atoms with Crippen molar-refractivity contribution >= 4 is 29.0 Å². The number of nitrogens with one attached hydrogen (secondary N) is 1. The fourth-order valence-electron chi connectivity index (χ4n) is 3.08. The Labute approximate surface area is 184 Å². The maximum absolute atomic E-state index is 13.6. The standard InChI is InChI=1S/C22H23FN4O3S/c1-22(2,3)24-20(28)19(14-9-11-15(23)12-10-14)27(21(29)16-13-31-26-25-16)17-7-5-6-8-18(17)30-4/h5-13,19H,1-4H3,(H,24,28)/t19-/m1/s1. The van der Waals surface area contributed by atoms with E-state index >= 15 is 0 Å². The van der Waals surface area contributed by atoms with Crippen LogP contribution in [0.2, 0.25) is 0 Å². The number of carbonyl (C=O) groups is 2. The van der Waals surface area contributed by atoms with Gasteiger partial charge in [0.2, 0.25) is 5.91 Å². The van der Waals surface area contributed by atoms with Gasteiger partial charge in [-0.05, 0) is 62.1 Å². The molecule has 1 atom stereocenters. The SMILES string of the molecule is COc1ccccc1N(C(=O)c1csnn1)[C@@H](C(=O)NC(C)(C)C)c1ccc(F)cc1. The maximum atomic E-state index is 13.6. The highest BCUT2D eigenvalue weighted by atomic mass is 32.1. The van der Waals surface area contributed by atoms with Crippen LogP contribution in [0, 0.1) is 5.82 Å².